The molecule has 0 aliphatic carbocycles. The largest absolute Gasteiger partial charge is 0.441 e. The summed E-state index contributed by atoms with van der Waals surface area (Å²) in [4.78, 5) is 4.21. The summed E-state index contributed by atoms with van der Waals surface area (Å²) >= 11 is 5.83. The lowest BCUT2D eigenvalue weighted by Gasteiger charge is -2.02. The molecule has 0 fully saturated rings. The van der Waals surface area contributed by atoms with Crippen molar-refractivity contribution < 1.29 is 4.42 Å². The van der Waals surface area contributed by atoms with Crippen molar-refractivity contribution in [1.29, 1.82) is 0 Å². The van der Waals surface area contributed by atoms with E-state index in [2.05, 4.69) is 18.8 Å². The van der Waals surface area contributed by atoms with E-state index in [9.17, 15) is 0 Å². The van der Waals surface area contributed by atoms with Crippen molar-refractivity contribution in [2.75, 3.05) is 5.73 Å². The Labute approximate surface area is 99.2 Å². The normalized spacial score (nSPS) is 11.0. The molecular formula is C12H13ClN2O. The number of benzene rings is 1. The summed E-state index contributed by atoms with van der Waals surface area (Å²) in [5.41, 5.74) is 7.20. The molecule has 0 saturated heterocycles. The molecule has 0 radical (unpaired) electrons. The molecule has 1 aromatic carbocycles. The highest BCUT2D eigenvalue weighted by Crippen LogP contribution is 2.29. The van der Waals surface area contributed by atoms with Crippen LogP contribution in [0, 0.1) is 0 Å². The third-order valence-electron chi connectivity index (χ3n) is 2.34. The molecule has 0 unspecified atom stereocenters. The summed E-state index contributed by atoms with van der Waals surface area (Å²) in [6.07, 6.45) is 1.73. The van der Waals surface area contributed by atoms with Crippen LogP contribution in [0.4, 0.5) is 5.69 Å². The summed E-state index contributed by atoms with van der Waals surface area (Å²) in [5.74, 6) is 1.71. The van der Waals surface area contributed by atoms with E-state index in [0.717, 1.165) is 11.3 Å². The average molecular weight is 237 g/mol. The second-order valence-electron chi connectivity index (χ2n) is 3.95. The van der Waals surface area contributed by atoms with Gasteiger partial charge < -0.3 is 10.2 Å². The Balaban J connectivity index is 2.42. The van der Waals surface area contributed by atoms with Gasteiger partial charge in [-0.1, -0.05) is 25.4 Å². The quantitative estimate of drug-likeness (QED) is 0.809. The van der Waals surface area contributed by atoms with Crippen LogP contribution in [0.15, 0.2) is 28.8 Å². The molecule has 1 heterocycles. The van der Waals surface area contributed by atoms with E-state index in [4.69, 9.17) is 21.8 Å². The molecule has 0 bridgehead atoms. The van der Waals surface area contributed by atoms with Crippen LogP contribution in [0.5, 0.6) is 0 Å². The highest BCUT2D eigenvalue weighted by atomic mass is 35.5. The van der Waals surface area contributed by atoms with Gasteiger partial charge in [-0.05, 0) is 18.2 Å². The third kappa shape index (κ3) is 2.04. The lowest BCUT2D eigenvalue weighted by molar-refractivity contribution is 0.495. The van der Waals surface area contributed by atoms with Gasteiger partial charge in [-0.3, -0.25) is 0 Å². The van der Waals surface area contributed by atoms with Crippen molar-refractivity contribution in [3.8, 4) is 11.5 Å². The molecule has 16 heavy (non-hydrogen) atoms. The third-order valence-corrected chi connectivity index (χ3v) is 2.57. The Bertz CT molecular complexity index is 505. The first-order valence-electron chi connectivity index (χ1n) is 5.09. The van der Waals surface area contributed by atoms with Crippen molar-refractivity contribution in [1.82, 2.24) is 4.98 Å². The molecule has 0 atom stereocenters. The van der Waals surface area contributed by atoms with Crippen molar-refractivity contribution in [3.63, 3.8) is 0 Å². The molecule has 0 aliphatic heterocycles. The molecule has 84 valence electrons. The monoisotopic (exact) mass is 236 g/mol. The molecule has 0 spiro atoms. The molecule has 1 aromatic heterocycles. The zero-order valence-electron chi connectivity index (χ0n) is 9.20. The van der Waals surface area contributed by atoms with Crippen LogP contribution < -0.4 is 5.73 Å². The molecule has 0 aliphatic rings. The van der Waals surface area contributed by atoms with Crippen molar-refractivity contribution in [3.05, 3.63) is 35.2 Å². The predicted molar refractivity (Wildman–Crippen MR) is 65.5 cm³/mol. The first-order chi connectivity index (χ1) is 7.58. The number of oxazole rings is 1. The summed E-state index contributed by atoms with van der Waals surface area (Å²) in [6.45, 7) is 4.10. The molecule has 4 heteroatoms. The molecule has 2 rings (SSSR count). The Kier molecular flexibility index (Phi) is 2.88. The van der Waals surface area contributed by atoms with Crippen molar-refractivity contribution in [2.45, 2.75) is 19.8 Å². The van der Waals surface area contributed by atoms with Crippen LogP contribution in [0.25, 0.3) is 11.5 Å². The second-order valence-corrected chi connectivity index (χ2v) is 4.39. The molecule has 3 nitrogen and oxygen atoms in total. The van der Waals surface area contributed by atoms with E-state index in [-0.39, 0.29) is 0 Å². The number of rotatable bonds is 2. The maximum atomic E-state index is 5.85. The fourth-order valence-corrected chi connectivity index (χ4v) is 1.59. The first-order valence-corrected chi connectivity index (χ1v) is 5.47. The van der Waals surface area contributed by atoms with Gasteiger partial charge in [0.2, 0.25) is 5.89 Å². The lowest BCUT2D eigenvalue weighted by Crippen LogP contribution is -1.89. The zero-order chi connectivity index (χ0) is 11.7. The summed E-state index contributed by atoms with van der Waals surface area (Å²) in [7, 11) is 0. The number of nitrogen functional groups attached to an aromatic ring is 1. The Hall–Kier alpha value is -1.48. The van der Waals surface area contributed by atoms with Crippen molar-refractivity contribution in [2.24, 2.45) is 0 Å². The standard InChI is InChI=1S/C12H13ClN2O/c1-7(2)11-6-15-12(16-11)9-4-3-8(13)5-10(9)14/h3-7H,14H2,1-2H3. The number of hydrogen-bond donors (Lipinski definition) is 1. The highest BCUT2D eigenvalue weighted by Gasteiger charge is 2.11. The Morgan fingerprint density at radius 1 is 1.38 bits per heavy atom. The first kappa shape index (κ1) is 11.0. The Morgan fingerprint density at radius 2 is 2.12 bits per heavy atom. The second kappa shape index (κ2) is 4.18. The molecule has 0 saturated carbocycles. The van der Waals surface area contributed by atoms with Gasteiger partial charge in [-0.15, -0.1) is 0 Å². The van der Waals surface area contributed by atoms with E-state index in [1.54, 1.807) is 18.3 Å². The van der Waals surface area contributed by atoms with Gasteiger partial charge >= 0.3 is 0 Å². The van der Waals surface area contributed by atoms with Gasteiger partial charge in [-0.25, -0.2) is 4.98 Å². The van der Waals surface area contributed by atoms with E-state index in [1.165, 1.54) is 0 Å². The number of nitrogens with zero attached hydrogens (tertiary/aromatic N) is 1. The topological polar surface area (TPSA) is 52.0 Å². The van der Waals surface area contributed by atoms with Crippen LogP contribution in [0.1, 0.15) is 25.5 Å². The van der Waals surface area contributed by atoms with E-state index < -0.39 is 0 Å². The van der Waals surface area contributed by atoms with E-state index in [0.29, 0.717) is 22.5 Å². The van der Waals surface area contributed by atoms with Crippen molar-refractivity contribution >= 4 is 17.3 Å². The minimum Gasteiger partial charge on any atom is -0.441 e. The number of nitrogens with two attached hydrogens (primary N) is 1. The van der Waals surface area contributed by atoms with Crippen LogP contribution >= 0.6 is 11.6 Å². The lowest BCUT2D eigenvalue weighted by atomic mass is 10.2. The smallest absolute Gasteiger partial charge is 0.228 e. The maximum Gasteiger partial charge on any atom is 0.228 e. The fourth-order valence-electron chi connectivity index (χ4n) is 1.41. The van der Waals surface area contributed by atoms with Gasteiger partial charge in [0.05, 0.1) is 11.8 Å². The minimum absolute atomic E-state index is 0.315. The molecular weight excluding hydrogens is 224 g/mol. The van der Waals surface area contributed by atoms with Crippen LogP contribution in [-0.4, -0.2) is 4.98 Å². The summed E-state index contributed by atoms with van der Waals surface area (Å²) in [5, 5.41) is 0.608. The zero-order valence-corrected chi connectivity index (χ0v) is 9.95. The van der Waals surface area contributed by atoms with Crippen LogP contribution in [0.3, 0.4) is 0 Å². The van der Waals surface area contributed by atoms with Gasteiger partial charge in [0.1, 0.15) is 5.76 Å². The SMILES string of the molecule is CC(C)c1cnc(-c2ccc(Cl)cc2N)o1. The van der Waals surface area contributed by atoms with E-state index >= 15 is 0 Å². The summed E-state index contributed by atoms with van der Waals surface area (Å²) < 4.78 is 5.62. The van der Waals surface area contributed by atoms with Gasteiger partial charge in [-0.2, -0.15) is 0 Å². The average Bonchev–Trinajstić information content (AvgIpc) is 2.66. The fraction of sp³-hybridized carbons (Fsp3) is 0.250. The minimum atomic E-state index is 0.315. The van der Waals surface area contributed by atoms with Gasteiger partial charge in [0.25, 0.3) is 0 Å². The Morgan fingerprint density at radius 3 is 2.69 bits per heavy atom. The summed E-state index contributed by atoms with van der Waals surface area (Å²) in [6, 6.07) is 5.27. The van der Waals surface area contributed by atoms with Gasteiger partial charge in [0.15, 0.2) is 0 Å². The molecule has 2 N–H and O–H groups in total. The number of anilines is 1. The molecule has 2 aromatic rings. The van der Waals surface area contributed by atoms with Crippen LogP contribution in [-0.2, 0) is 0 Å². The highest BCUT2D eigenvalue weighted by molar-refractivity contribution is 6.31. The van der Waals surface area contributed by atoms with Crippen LogP contribution in [0.2, 0.25) is 5.02 Å². The van der Waals surface area contributed by atoms with Gasteiger partial charge in [0, 0.05) is 16.6 Å². The number of halogens is 1. The molecule has 0 amide bonds. The number of hydrogen-bond acceptors (Lipinski definition) is 3. The predicted octanol–water partition coefficient (Wildman–Crippen LogP) is 3.70. The maximum absolute atomic E-state index is 5.85. The van der Waals surface area contributed by atoms with E-state index in [1.807, 2.05) is 6.07 Å². The number of aromatic nitrogens is 1.